The van der Waals surface area contributed by atoms with Gasteiger partial charge >= 0.3 is 0 Å². The monoisotopic (exact) mass is 437 g/mol. The van der Waals surface area contributed by atoms with Crippen LogP contribution < -0.4 is 9.64 Å². The third-order valence-electron chi connectivity index (χ3n) is 5.90. The van der Waals surface area contributed by atoms with E-state index in [-0.39, 0.29) is 5.91 Å². The Hall–Kier alpha value is -4.04. The van der Waals surface area contributed by atoms with E-state index in [2.05, 4.69) is 11.0 Å². The molecule has 1 amide bonds. The van der Waals surface area contributed by atoms with Crippen molar-refractivity contribution in [2.45, 2.75) is 6.42 Å². The molecule has 0 radical (unpaired) electrons. The quantitative estimate of drug-likeness (QED) is 0.423. The maximum absolute atomic E-state index is 13.7. The zero-order valence-corrected chi connectivity index (χ0v) is 18.8. The van der Waals surface area contributed by atoms with Gasteiger partial charge in [-0.25, -0.2) is 0 Å². The molecule has 0 unspecified atom stereocenters. The van der Waals surface area contributed by atoms with Crippen LogP contribution in [-0.2, 0) is 4.79 Å². The predicted octanol–water partition coefficient (Wildman–Crippen LogP) is 4.85. The van der Waals surface area contributed by atoms with Crippen LogP contribution in [0.5, 0.6) is 5.75 Å². The number of carbonyl (C=O) groups excluding carboxylic acids is 1. The fourth-order valence-electron chi connectivity index (χ4n) is 4.12. The molecule has 0 atom stereocenters. The first kappa shape index (κ1) is 22.2. The van der Waals surface area contributed by atoms with E-state index in [0.717, 1.165) is 42.1 Å². The molecule has 166 valence electrons. The summed E-state index contributed by atoms with van der Waals surface area (Å²) in [6.45, 7) is 2.94. The average Bonchev–Trinajstić information content (AvgIpc) is 3.14. The number of para-hydroxylation sites is 1. The molecule has 1 heterocycles. The van der Waals surface area contributed by atoms with Crippen molar-refractivity contribution >= 4 is 23.2 Å². The smallest absolute Gasteiger partial charge is 0.254 e. The van der Waals surface area contributed by atoms with Crippen LogP contribution in [0.2, 0.25) is 0 Å². The molecule has 0 aliphatic carbocycles. The molecule has 1 saturated heterocycles. The van der Waals surface area contributed by atoms with Gasteiger partial charge in [0.05, 0.1) is 18.7 Å². The van der Waals surface area contributed by atoms with Gasteiger partial charge in [-0.2, -0.15) is 5.26 Å². The number of rotatable bonds is 5. The summed E-state index contributed by atoms with van der Waals surface area (Å²) in [5.41, 5.74) is 4.16. The fourth-order valence-corrected chi connectivity index (χ4v) is 4.12. The van der Waals surface area contributed by atoms with Gasteiger partial charge in [-0.1, -0.05) is 48.5 Å². The summed E-state index contributed by atoms with van der Waals surface area (Å²) in [6, 6.07) is 27.3. The number of hydrogen-bond donors (Lipinski definition) is 0. The van der Waals surface area contributed by atoms with Crippen LogP contribution in [0, 0.1) is 11.3 Å². The summed E-state index contributed by atoms with van der Waals surface area (Å²) in [5.74, 6) is 0.760. The normalized spacial score (nSPS) is 14.4. The van der Waals surface area contributed by atoms with Crippen molar-refractivity contribution < 1.29 is 9.53 Å². The predicted molar refractivity (Wildman–Crippen MR) is 132 cm³/mol. The third-order valence-corrected chi connectivity index (χ3v) is 5.90. The summed E-state index contributed by atoms with van der Waals surface area (Å²) in [4.78, 5) is 18.0. The highest BCUT2D eigenvalue weighted by Crippen LogP contribution is 2.27. The minimum absolute atomic E-state index is 0.0220. The lowest BCUT2D eigenvalue weighted by Crippen LogP contribution is -2.35. The van der Waals surface area contributed by atoms with E-state index in [1.165, 1.54) is 0 Å². The summed E-state index contributed by atoms with van der Waals surface area (Å²) >= 11 is 0. The number of nitrogens with zero attached hydrogens (tertiary/aromatic N) is 3. The van der Waals surface area contributed by atoms with Gasteiger partial charge in [0.2, 0.25) is 0 Å². The second-order valence-electron chi connectivity index (χ2n) is 7.96. The van der Waals surface area contributed by atoms with Gasteiger partial charge in [-0.3, -0.25) is 4.79 Å². The van der Waals surface area contributed by atoms with Crippen molar-refractivity contribution in [2.75, 3.05) is 38.2 Å². The number of nitriles is 1. The molecule has 4 rings (SSSR count). The zero-order valence-electron chi connectivity index (χ0n) is 18.8. The van der Waals surface area contributed by atoms with Crippen molar-refractivity contribution in [3.8, 4) is 11.8 Å². The number of carbonyl (C=O) groups is 1. The van der Waals surface area contributed by atoms with Gasteiger partial charge in [-0.15, -0.1) is 0 Å². The molecule has 0 spiro atoms. The highest BCUT2D eigenvalue weighted by Gasteiger charge is 2.23. The van der Waals surface area contributed by atoms with Crippen LogP contribution in [-0.4, -0.2) is 44.1 Å². The molecule has 1 fully saturated rings. The number of anilines is 1. The Morgan fingerprint density at radius 1 is 0.909 bits per heavy atom. The molecule has 5 nitrogen and oxygen atoms in total. The molecule has 5 heteroatoms. The van der Waals surface area contributed by atoms with E-state index >= 15 is 0 Å². The second-order valence-corrected chi connectivity index (χ2v) is 7.96. The minimum atomic E-state index is 0.0220. The van der Waals surface area contributed by atoms with E-state index in [1.807, 2.05) is 89.8 Å². The van der Waals surface area contributed by atoms with Crippen molar-refractivity contribution in [3.63, 3.8) is 0 Å². The van der Waals surface area contributed by atoms with Gasteiger partial charge in [0.25, 0.3) is 5.91 Å². The van der Waals surface area contributed by atoms with Crippen LogP contribution in [0.4, 0.5) is 5.69 Å². The highest BCUT2D eigenvalue weighted by atomic mass is 16.5. The highest BCUT2D eigenvalue weighted by molar-refractivity contribution is 6.24. The van der Waals surface area contributed by atoms with E-state index < -0.39 is 0 Å². The number of benzene rings is 3. The maximum atomic E-state index is 13.7. The zero-order chi connectivity index (χ0) is 23.0. The topological polar surface area (TPSA) is 56.6 Å². The van der Waals surface area contributed by atoms with E-state index in [0.29, 0.717) is 24.2 Å². The standard InChI is InChI=1S/C28H27N3O2/c1-33-27-11-6-5-10-24(27)20-26(23-8-3-2-4-9-23)28(32)31-17-7-16-30(18-19-31)25-14-12-22(21-29)13-15-25/h2-6,8-15,20H,7,16-19H2,1H3/b26-20+. The molecule has 33 heavy (non-hydrogen) atoms. The summed E-state index contributed by atoms with van der Waals surface area (Å²) in [5, 5.41) is 9.04. The van der Waals surface area contributed by atoms with Crippen LogP contribution >= 0.6 is 0 Å². The first-order chi connectivity index (χ1) is 16.2. The Kier molecular flexibility index (Phi) is 7.06. The molecule has 0 bridgehead atoms. The van der Waals surface area contributed by atoms with Gasteiger partial charge < -0.3 is 14.5 Å². The lowest BCUT2D eigenvalue weighted by Gasteiger charge is -2.24. The van der Waals surface area contributed by atoms with E-state index in [4.69, 9.17) is 10.00 Å². The van der Waals surface area contributed by atoms with E-state index in [1.54, 1.807) is 7.11 Å². The number of hydrogen-bond acceptors (Lipinski definition) is 4. The lowest BCUT2D eigenvalue weighted by atomic mass is 10.0. The third kappa shape index (κ3) is 5.24. The summed E-state index contributed by atoms with van der Waals surface area (Å²) in [7, 11) is 1.64. The van der Waals surface area contributed by atoms with Crippen molar-refractivity contribution in [2.24, 2.45) is 0 Å². The molecular formula is C28H27N3O2. The first-order valence-electron chi connectivity index (χ1n) is 11.1. The fraction of sp³-hybridized carbons (Fsp3) is 0.214. The number of ether oxygens (including phenoxy) is 1. The Morgan fingerprint density at radius 2 is 1.64 bits per heavy atom. The Labute approximate surface area is 195 Å². The Balaban J connectivity index is 1.59. The average molecular weight is 438 g/mol. The maximum Gasteiger partial charge on any atom is 0.254 e. The van der Waals surface area contributed by atoms with Gasteiger partial charge in [-0.05, 0) is 48.4 Å². The molecule has 0 N–H and O–H groups in total. The Bertz CT molecular complexity index is 1160. The molecule has 3 aromatic carbocycles. The van der Waals surface area contributed by atoms with Crippen molar-refractivity contribution in [1.82, 2.24) is 4.90 Å². The molecule has 0 aromatic heterocycles. The van der Waals surface area contributed by atoms with Crippen LogP contribution in [0.15, 0.2) is 78.9 Å². The van der Waals surface area contributed by atoms with Gasteiger partial charge in [0.15, 0.2) is 0 Å². The second kappa shape index (κ2) is 10.5. The summed E-state index contributed by atoms with van der Waals surface area (Å²) in [6.07, 6.45) is 2.81. The molecule has 0 saturated carbocycles. The number of amides is 1. The minimum Gasteiger partial charge on any atom is -0.496 e. The van der Waals surface area contributed by atoms with Crippen LogP contribution in [0.25, 0.3) is 11.6 Å². The molecule has 1 aliphatic heterocycles. The van der Waals surface area contributed by atoms with Gasteiger partial charge in [0.1, 0.15) is 5.75 Å². The molecular weight excluding hydrogens is 410 g/mol. The summed E-state index contributed by atoms with van der Waals surface area (Å²) < 4.78 is 5.51. The van der Waals surface area contributed by atoms with E-state index in [9.17, 15) is 4.79 Å². The van der Waals surface area contributed by atoms with Crippen molar-refractivity contribution in [1.29, 1.82) is 5.26 Å². The first-order valence-corrected chi connectivity index (χ1v) is 11.1. The van der Waals surface area contributed by atoms with Crippen LogP contribution in [0.3, 0.4) is 0 Å². The number of methoxy groups -OCH3 is 1. The SMILES string of the molecule is COc1ccccc1/C=C(/C(=O)N1CCCN(c2ccc(C#N)cc2)CC1)c1ccccc1. The Morgan fingerprint density at radius 3 is 2.36 bits per heavy atom. The largest absolute Gasteiger partial charge is 0.496 e. The van der Waals surface area contributed by atoms with Gasteiger partial charge in [0, 0.05) is 43.0 Å². The molecule has 1 aliphatic rings. The lowest BCUT2D eigenvalue weighted by molar-refractivity contribution is -0.124. The van der Waals surface area contributed by atoms with Crippen LogP contribution in [0.1, 0.15) is 23.1 Å². The van der Waals surface area contributed by atoms with Crippen molar-refractivity contribution in [3.05, 3.63) is 95.6 Å². The molecule has 3 aromatic rings.